The quantitative estimate of drug-likeness (QED) is 0.581. The zero-order valence-corrected chi connectivity index (χ0v) is 10.8. The third-order valence-electron chi connectivity index (χ3n) is 1.95. The van der Waals surface area contributed by atoms with Crippen LogP contribution < -0.4 is 5.32 Å². The molecular weight excluding hydrogens is 214 g/mol. The topological polar surface area (TPSA) is 29.1 Å². The molecule has 0 saturated carbocycles. The maximum atomic E-state index is 11.4. The summed E-state index contributed by atoms with van der Waals surface area (Å²) >= 11 is 8.55. The van der Waals surface area contributed by atoms with Gasteiger partial charge < -0.3 is 5.32 Å². The van der Waals surface area contributed by atoms with Crippen molar-refractivity contribution in [3.8, 4) is 0 Å². The fourth-order valence-corrected chi connectivity index (χ4v) is 1.56. The number of hydrogen-bond donors (Lipinski definition) is 3. The molecule has 0 aromatic rings. The van der Waals surface area contributed by atoms with Gasteiger partial charge in [-0.1, -0.05) is 20.3 Å². The second-order valence-electron chi connectivity index (χ2n) is 3.59. The summed E-state index contributed by atoms with van der Waals surface area (Å²) in [5.74, 6) is 0.0574. The smallest absolute Gasteiger partial charge is 0.232 e. The molecule has 0 aliphatic rings. The van der Waals surface area contributed by atoms with Crippen LogP contribution >= 0.6 is 25.3 Å². The normalized spacial score (nSPS) is 14.9. The Morgan fingerprint density at radius 1 is 1.36 bits per heavy atom. The molecular formula is C10H21NOS2. The fourth-order valence-electron chi connectivity index (χ4n) is 1.10. The predicted octanol–water partition coefficient (Wildman–Crippen LogP) is 2.30. The van der Waals surface area contributed by atoms with E-state index in [9.17, 15) is 4.79 Å². The predicted molar refractivity (Wildman–Crippen MR) is 68.4 cm³/mol. The molecule has 1 N–H and O–H groups in total. The standard InChI is InChI=1S/C10H21NOS2/c1-3-7-11-10(12)9(14)6-4-5-8(2)13/h8-9,13-14H,3-7H2,1-2H3,(H,11,12). The Bertz CT molecular complexity index is 162. The molecule has 0 bridgehead atoms. The van der Waals surface area contributed by atoms with Gasteiger partial charge in [0.05, 0.1) is 5.25 Å². The molecule has 4 heteroatoms. The van der Waals surface area contributed by atoms with Crippen molar-refractivity contribution in [2.24, 2.45) is 0 Å². The first-order chi connectivity index (χ1) is 6.57. The Kier molecular flexibility index (Phi) is 8.58. The minimum Gasteiger partial charge on any atom is -0.355 e. The summed E-state index contributed by atoms with van der Waals surface area (Å²) in [5.41, 5.74) is 0. The van der Waals surface area contributed by atoms with E-state index in [1.54, 1.807) is 0 Å². The van der Waals surface area contributed by atoms with E-state index in [0.29, 0.717) is 5.25 Å². The second kappa shape index (κ2) is 8.48. The van der Waals surface area contributed by atoms with E-state index in [4.69, 9.17) is 0 Å². The molecule has 2 unspecified atom stereocenters. The molecule has 0 spiro atoms. The molecule has 1 amide bonds. The Balaban J connectivity index is 3.51. The molecule has 2 nitrogen and oxygen atoms in total. The Morgan fingerprint density at radius 3 is 2.50 bits per heavy atom. The number of carbonyl (C=O) groups excluding carboxylic acids is 1. The van der Waals surface area contributed by atoms with Crippen molar-refractivity contribution in [3.05, 3.63) is 0 Å². The van der Waals surface area contributed by atoms with E-state index < -0.39 is 0 Å². The van der Waals surface area contributed by atoms with Crippen LogP contribution in [-0.4, -0.2) is 23.0 Å². The molecule has 0 saturated heterocycles. The van der Waals surface area contributed by atoms with Crippen LogP contribution in [0.4, 0.5) is 0 Å². The summed E-state index contributed by atoms with van der Waals surface area (Å²) in [6.45, 7) is 4.85. The van der Waals surface area contributed by atoms with Crippen LogP contribution in [0.1, 0.15) is 39.5 Å². The van der Waals surface area contributed by atoms with Gasteiger partial charge in [-0.3, -0.25) is 4.79 Å². The van der Waals surface area contributed by atoms with Crippen molar-refractivity contribution in [3.63, 3.8) is 0 Å². The molecule has 0 aliphatic heterocycles. The number of nitrogens with one attached hydrogen (secondary N) is 1. The maximum absolute atomic E-state index is 11.4. The third kappa shape index (κ3) is 7.56. The zero-order chi connectivity index (χ0) is 11.0. The van der Waals surface area contributed by atoms with E-state index in [2.05, 4.69) is 37.5 Å². The van der Waals surface area contributed by atoms with Crippen LogP contribution in [-0.2, 0) is 4.79 Å². The van der Waals surface area contributed by atoms with Crippen molar-refractivity contribution in [2.45, 2.75) is 50.0 Å². The number of amides is 1. The fraction of sp³-hybridized carbons (Fsp3) is 0.900. The van der Waals surface area contributed by atoms with Gasteiger partial charge in [-0.2, -0.15) is 25.3 Å². The van der Waals surface area contributed by atoms with Crippen LogP contribution in [0, 0.1) is 0 Å². The summed E-state index contributed by atoms with van der Waals surface area (Å²) in [7, 11) is 0. The minimum atomic E-state index is -0.159. The molecule has 0 rings (SSSR count). The van der Waals surface area contributed by atoms with E-state index in [-0.39, 0.29) is 11.2 Å². The van der Waals surface area contributed by atoms with Gasteiger partial charge in [0.1, 0.15) is 0 Å². The number of hydrogen-bond acceptors (Lipinski definition) is 3. The molecule has 0 aliphatic carbocycles. The van der Waals surface area contributed by atoms with Crippen LogP contribution in [0.2, 0.25) is 0 Å². The van der Waals surface area contributed by atoms with Gasteiger partial charge in [0.25, 0.3) is 0 Å². The minimum absolute atomic E-state index is 0.0574. The highest BCUT2D eigenvalue weighted by Gasteiger charge is 2.12. The summed E-state index contributed by atoms with van der Waals surface area (Å²) in [6.07, 6.45) is 3.86. The molecule has 2 atom stereocenters. The van der Waals surface area contributed by atoms with Crippen LogP contribution in [0.15, 0.2) is 0 Å². The van der Waals surface area contributed by atoms with Gasteiger partial charge in [0.2, 0.25) is 5.91 Å². The van der Waals surface area contributed by atoms with Gasteiger partial charge in [-0.15, -0.1) is 0 Å². The second-order valence-corrected chi connectivity index (χ2v) is 5.09. The highest BCUT2D eigenvalue weighted by Crippen LogP contribution is 2.11. The summed E-state index contributed by atoms with van der Waals surface area (Å²) in [5, 5.41) is 3.09. The molecule has 0 fully saturated rings. The monoisotopic (exact) mass is 235 g/mol. The highest BCUT2D eigenvalue weighted by molar-refractivity contribution is 7.81. The van der Waals surface area contributed by atoms with Gasteiger partial charge in [-0.25, -0.2) is 0 Å². The lowest BCUT2D eigenvalue weighted by Crippen LogP contribution is -2.31. The lowest BCUT2D eigenvalue weighted by atomic mass is 10.1. The lowest BCUT2D eigenvalue weighted by molar-refractivity contribution is -0.120. The van der Waals surface area contributed by atoms with Crippen molar-refractivity contribution >= 4 is 31.2 Å². The summed E-state index contributed by atoms with van der Waals surface area (Å²) in [4.78, 5) is 11.4. The molecule has 0 aromatic carbocycles. The molecule has 0 aromatic heterocycles. The molecule has 0 heterocycles. The van der Waals surface area contributed by atoms with Crippen molar-refractivity contribution < 1.29 is 4.79 Å². The average molecular weight is 235 g/mol. The zero-order valence-electron chi connectivity index (χ0n) is 8.99. The first kappa shape index (κ1) is 14.2. The highest BCUT2D eigenvalue weighted by atomic mass is 32.1. The SMILES string of the molecule is CCCNC(=O)C(S)CCCC(C)S. The first-order valence-corrected chi connectivity index (χ1v) is 6.25. The van der Waals surface area contributed by atoms with Gasteiger partial charge in [-0.05, 0) is 24.5 Å². The van der Waals surface area contributed by atoms with Gasteiger partial charge in [0, 0.05) is 6.54 Å². The van der Waals surface area contributed by atoms with E-state index >= 15 is 0 Å². The first-order valence-electron chi connectivity index (χ1n) is 5.21. The molecule has 0 radical (unpaired) electrons. The van der Waals surface area contributed by atoms with Gasteiger partial charge >= 0.3 is 0 Å². The summed E-state index contributed by atoms with van der Waals surface area (Å²) < 4.78 is 0. The Morgan fingerprint density at radius 2 is 2.00 bits per heavy atom. The van der Waals surface area contributed by atoms with E-state index in [1.807, 2.05) is 6.92 Å². The number of thiol groups is 2. The molecule has 84 valence electrons. The van der Waals surface area contributed by atoms with E-state index in [1.165, 1.54) is 0 Å². The Hall–Kier alpha value is 0.170. The Labute approximate surface area is 98.0 Å². The number of rotatable bonds is 7. The van der Waals surface area contributed by atoms with Crippen molar-refractivity contribution in [2.75, 3.05) is 6.54 Å². The lowest BCUT2D eigenvalue weighted by Gasteiger charge is -2.11. The third-order valence-corrected chi connectivity index (χ3v) is 2.70. The van der Waals surface area contributed by atoms with Crippen LogP contribution in [0.25, 0.3) is 0 Å². The largest absolute Gasteiger partial charge is 0.355 e. The van der Waals surface area contributed by atoms with Crippen LogP contribution in [0.5, 0.6) is 0 Å². The number of carbonyl (C=O) groups is 1. The van der Waals surface area contributed by atoms with Crippen LogP contribution in [0.3, 0.4) is 0 Å². The van der Waals surface area contributed by atoms with Crippen molar-refractivity contribution in [1.29, 1.82) is 0 Å². The summed E-state index contributed by atoms with van der Waals surface area (Å²) in [6, 6.07) is 0. The van der Waals surface area contributed by atoms with E-state index in [0.717, 1.165) is 32.2 Å². The van der Waals surface area contributed by atoms with Gasteiger partial charge in [0.15, 0.2) is 0 Å². The average Bonchev–Trinajstić information content (AvgIpc) is 2.13. The molecule has 14 heavy (non-hydrogen) atoms. The maximum Gasteiger partial charge on any atom is 0.232 e. The van der Waals surface area contributed by atoms with Crippen molar-refractivity contribution in [1.82, 2.24) is 5.32 Å².